The molecule has 0 radical (unpaired) electrons. The molecule has 0 saturated heterocycles. The third-order valence-electron chi connectivity index (χ3n) is 7.88. The van der Waals surface area contributed by atoms with Crippen LogP contribution in [0.2, 0.25) is 0 Å². The normalized spacial score (nSPS) is 52.5. The van der Waals surface area contributed by atoms with Crippen LogP contribution in [0, 0.1) is 27.1 Å². The van der Waals surface area contributed by atoms with Crippen LogP contribution >= 0.6 is 0 Å². The highest BCUT2D eigenvalue weighted by Gasteiger charge is 2.82. The Hall–Kier alpha value is -0.210. The molecule has 0 nitrogen and oxygen atoms in total. The van der Waals surface area contributed by atoms with Gasteiger partial charge in [0, 0.05) is 0 Å². The smallest absolute Gasteiger partial charge is 0.171 e. The molecule has 0 amide bonds. The second kappa shape index (κ2) is 3.10. The second-order valence-corrected chi connectivity index (χ2v) is 9.53. The Kier molecular flexibility index (Phi) is 2.09. The van der Waals surface area contributed by atoms with Crippen LogP contribution in [0.1, 0.15) is 72.1 Å². The van der Waals surface area contributed by atoms with E-state index in [2.05, 4.69) is 20.8 Å². The summed E-state index contributed by atoms with van der Waals surface area (Å²) in [5, 5.41) is 0. The maximum atomic E-state index is 13.0. The van der Waals surface area contributed by atoms with E-state index in [1.807, 2.05) is 0 Å². The van der Waals surface area contributed by atoms with Crippen molar-refractivity contribution in [1.29, 1.82) is 0 Å². The molecule has 0 aliphatic heterocycles. The van der Waals surface area contributed by atoms with Crippen LogP contribution in [0.15, 0.2) is 0 Å². The maximum Gasteiger partial charge on any atom is 0.394 e. The van der Waals surface area contributed by atoms with E-state index in [9.17, 15) is 13.2 Å². The molecule has 6 aliphatic rings. The zero-order chi connectivity index (χ0) is 14.7. The van der Waals surface area contributed by atoms with E-state index >= 15 is 0 Å². The van der Waals surface area contributed by atoms with E-state index in [-0.39, 0.29) is 10.8 Å². The molecular weight excluding hydrogens is 261 g/mol. The van der Waals surface area contributed by atoms with Crippen LogP contribution in [0.3, 0.4) is 0 Å². The predicted octanol–water partition coefficient (Wildman–Crippen LogP) is 5.72. The summed E-state index contributed by atoms with van der Waals surface area (Å²) in [6, 6.07) is 0. The van der Waals surface area contributed by atoms with Crippen molar-refractivity contribution in [2.45, 2.75) is 78.3 Å². The molecule has 4 bridgehead atoms. The minimum absolute atomic E-state index is 0.0112. The lowest BCUT2D eigenvalue weighted by Gasteiger charge is -2.79. The van der Waals surface area contributed by atoms with Crippen LogP contribution in [-0.4, -0.2) is 6.18 Å². The summed E-state index contributed by atoms with van der Waals surface area (Å²) in [6.07, 6.45) is 3.75. The maximum absolute atomic E-state index is 13.0. The third-order valence-corrected chi connectivity index (χ3v) is 7.88. The minimum Gasteiger partial charge on any atom is -0.171 e. The number of hydrogen-bond acceptors (Lipinski definition) is 0. The van der Waals surface area contributed by atoms with Gasteiger partial charge in [0.2, 0.25) is 0 Å². The standard InChI is InChI=1S/C17H25F3/c1-4-13-6-14(7-13,8-13)5-12(2,3)15-9-16(10-15,11-15)17(18,19)20/h4-11H2,1-3H3. The molecule has 0 aromatic heterocycles. The van der Waals surface area contributed by atoms with E-state index in [0.717, 1.165) is 6.42 Å². The zero-order valence-corrected chi connectivity index (χ0v) is 12.8. The van der Waals surface area contributed by atoms with Gasteiger partial charge in [-0.2, -0.15) is 13.2 Å². The third kappa shape index (κ3) is 1.27. The number of rotatable bonds is 4. The van der Waals surface area contributed by atoms with Gasteiger partial charge in [-0.05, 0) is 66.6 Å². The van der Waals surface area contributed by atoms with E-state index in [4.69, 9.17) is 0 Å². The summed E-state index contributed by atoms with van der Waals surface area (Å²) in [7, 11) is 0. The minimum atomic E-state index is -3.96. The van der Waals surface area contributed by atoms with Crippen LogP contribution < -0.4 is 0 Å². The van der Waals surface area contributed by atoms with E-state index in [0.29, 0.717) is 30.1 Å². The van der Waals surface area contributed by atoms with Crippen molar-refractivity contribution in [2.75, 3.05) is 0 Å². The monoisotopic (exact) mass is 286 g/mol. The van der Waals surface area contributed by atoms with Crippen molar-refractivity contribution in [3.05, 3.63) is 0 Å². The Morgan fingerprint density at radius 1 is 0.800 bits per heavy atom. The van der Waals surface area contributed by atoms with Gasteiger partial charge >= 0.3 is 6.18 Å². The molecule has 6 aliphatic carbocycles. The predicted molar refractivity (Wildman–Crippen MR) is 72.2 cm³/mol. The largest absolute Gasteiger partial charge is 0.394 e. The lowest BCUT2D eigenvalue weighted by molar-refractivity contribution is -0.394. The molecule has 20 heavy (non-hydrogen) atoms. The first kappa shape index (κ1) is 13.5. The number of alkyl halides is 3. The molecule has 0 aromatic carbocycles. The zero-order valence-electron chi connectivity index (χ0n) is 12.8. The molecule has 0 atom stereocenters. The molecule has 0 heterocycles. The summed E-state index contributed by atoms with van der Waals surface area (Å²) in [6.45, 7) is 6.76. The second-order valence-electron chi connectivity index (χ2n) is 9.53. The highest BCUT2D eigenvalue weighted by atomic mass is 19.4. The Balaban J connectivity index is 1.42. The molecular formula is C17H25F3. The first-order valence-electron chi connectivity index (χ1n) is 8.08. The SMILES string of the molecule is CCC12CC(CC(C)(C)C34CC(C(F)(F)F)(C3)C4)(C1)C2. The van der Waals surface area contributed by atoms with Gasteiger partial charge < -0.3 is 0 Å². The molecule has 6 saturated carbocycles. The van der Waals surface area contributed by atoms with Crippen molar-refractivity contribution in [3.8, 4) is 0 Å². The highest BCUT2D eigenvalue weighted by molar-refractivity contribution is 5.26. The topological polar surface area (TPSA) is 0 Å². The molecule has 0 spiro atoms. The lowest BCUT2D eigenvalue weighted by Crippen LogP contribution is -2.74. The van der Waals surface area contributed by atoms with E-state index < -0.39 is 11.6 Å². The van der Waals surface area contributed by atoms with Gasteiger partial charge in [-0.3, -0.25) is 0 Å². The van der Waals surface area contributed by atoms with Gasteiger partial charge in [-0.15, -0.1) is 0 Å². The summed E-state index contributed by atoms with van der Waals surface area (Å²) in [5.41, 5.74) is -0.0188. The Morgan fingerprint density at radius 3 is 1.70 bits per heavy atom. The molecule has 6 rings (SSSR count). The van der Waals surface area contributed by atoms with Crippen molar-refractivity contribution in [3.63, 3.8) is 0 Å². The van der Waals surface area contributed by atoms with Crippen molar-refractivity contribution in [1.82, 2.24) is 0 Å². The van der Waals surface area contributed by atoms with Gasteiger partial charge in [0.15, 0.2) is 0 Å². The average molecular weight is 286 g/mol. The van der Waals surface area contributed by atoms with Crippen LogP contribution in [0.25, 0.3) is 0 Å². The molecule has 3 heteroatoms. The number of halogens is 3. The van der Waals surface area contributed by atoms with Gasteiger partial charge in [0.25, 0.3) is 0 Å². The number of hydrogen-bond donors (Lipinski definition) is 0. The fraction of sp³-hybridized carbons (Fsp3) is 1.00. The Labute approximate surface area is 119 Å². The molecule has 6 fully saturated rings. The molecule has 0 N–H and O–H groups in total. The van der Waals surface area contributed by atoms with Crippen LogP contribution in [0.4, 0.5) is 13.2 Å². The van der Waals surface area contributed by atoms with Crippen molar-refractivity contribution >= 4 is 0 Å². The van der Waals surface area contributed by atoms with Gasteiger partial charge in [0.05, 0.1) is 5.41 Å². The molecule has 0 aromatic rings. The average Bonchev–Trinajstić information content (AvgIpc) is 1.99. The van der Waals surface area contributed by atoms with E-state index in [1.54, 1.807) is 0 Å². The Morgan fingerprint density at radius 2 is 1.30 bits per heavy atom. The van der Waals surface area contributed by atoms with Crippen molar-refractivity contribution < 1.29 is 13.2 Å². The summed E-state index contributed by atoms with van der Waals surface area (Å²) < 4.78 is 39.0. The van der Waals surface area contributed by atoms with Crippen molar-refractivity contribution in [2.24, 2.45) is 27.1 Å². The summed E-state index contributed by atoms with van der Waals surface area (Å²) >= 11 is 0. The summed E-state index contributed by atoms with van der Waals surface area (Å²) in [5.74, 6) is 0. The van der Waals surface area contributed by atoms with E-state index in [1.165, 1.54) is 25.7 Å². The first-order valence-corrected chi connectivity index (χ1v) is 8.08. The van der Waals surface area contributed by atoms with Crippen LogP contribution in [-0.2, 0) is 0 Å². The fourth-order valence-electron chi connectivity index (χ4n) is 6.73. The molecule has 114 valence electrons. The van der Waals surface area contributed by atoms with Gasteiger partial charge in [-0.1, -0.05) is 27.2 Å². The lowest BCUT2D eigenvalue weighted by atomic mass is 9.25. The Bertz CT molecular complexity index is 432. The van der Waals surface area contributed by atoms with Crippen LogP contribution in [0.5, 0.6) is 0 Å². The highest BCUT2D eigenvalue weighted by Crippen LogP contribution is 2.86. The first-order chi connectivity index (χ1) is 9.01. The fourth-order valence-corrected chi connectivity index (χ4v) is 6.73. The van der Waals surface area contributed by atoms with Gasteiger partial charge in [0.1, 0.15) is 0 Å². The molecule has 0 unspecified atom stereocenters. The summed E-state index contributed by atoms with van der Waals surface area (Å²) in [4.78, 5) is 0. The quantitative estimate of drug-likeness (QED) is 0.620. The van der Waals surface area contributed by atoms with Gasteiger partial charge in [-0.25, -0.2) is 0 Å².